The highest BCUT2D eigenvalue weighted by Crippen LogP contribution is 2.24. The summed E-state index contributed by atoms with van der Waals surface area (Å²) in [6.45, 7) is 4.95. The molecule has 2 aromatic heterocycles. The summed E-state index contributed by atoms with van der Waals surface area (Å²) in [4.78, 5) is 8.88. The largest absolute Gasteiger partial charge is 0.437 e. The number of aryl methyl sites for hydroxylation is 2. The Morgan fingerprint density at radius 1 is 1.24 bits per heavy atom. The molecule has 4 heteroatoms. The van der Waals surface area contributed by atoms with Crippen LogP contribution in [0.25, 0.3) is 0 Å². The fourth-order valence-electron chi connectivity index (χ4n) is 2.18. The SMILES string of the molecule is CCc1nc(C)ccc1Oc1ccc(CNC2CC2)cn1. The molecule has 0 aliphatic heterocycles. The van der Waals surface area contributed by atoms with Crippen molar-refractivity contribution in [1.82, 2.24) is 15.3 Å². The van der Waals surface area contributed by atoms with E-state index in [0.29, 0.717) is 11.9 Å². The Morgan fingerprint density at radius 3 is 2.76 bits per heavy atom. The second kappa shape index (κ2) is 6.22. The number of nitrogens with one attached hydrogen (secondary N) is 1. The van der Waals surface area contributed by atoms with Crippen molar-refractivity contribution < 1.29 is 4.74 Å². The topological polar surface area (TPSA) is 47.0 Å². The van der Waals surface area contributed by atoms with Crippen molar-refractivity contribution in [2.75, 3.05) is 0 Å². The van der Waals surface area contributed by atoms with E-state index in [4.69, 9.17) is 4.74 Å². The highest BCUT2D eigenvalue weighted by Gasteiger charge is 2.19. The zero-order valence-electron chi connectivity index (χ0n) is 12.6. The van der Waals surface area contributed by atoms with E-state index in [1.165, 1.54) is 18.4 Å². The van der Waals surface area contributed by atoms with Gasteiger partial charge in [0, 0.05) is 30.5 Å². The molecule has 2 heterocycles. The van der Waals surface area contributed by atoms with Crippen molar-refractivity contribution in [2.24, 2.45) is 0 Å². The smallest absolute Gasteiger partial charge is 0.219 e. The molecule has 0 unspecified atom stereocenters. The fourth-order valence-corrected chi connectivity index (χ4v) is 2.18. The highest BCUT2D eigenvalue weighted by atomic mass is 16.5. The molecule has 0 aromatic carbocycles. The van der Waals surface area contributed by atoms with Gasteiger partial charge in [0.25, 0.3) is 0 Å². The van der Waals surface area contributed by atoms with E-state index in [2.05, 4.69) is 28.3 Å². The first-order valence-electron chi connectivity index (χ1n) is 7.57. The molecule has 1 N–H and O–H groups in total. The van der Waals surface area contributed by atoms with Gasteiger partial charge in [-0.3, -0.25) is 4.98 Å². The Kier molecular flexibility index (Phi) is 4.15. The minimum Gasteiger partial charge on any atom is -0.437 e. The second-order valence-electron chi connectivity index (χ2n) is 5.51. The maximum Gasteiger partial charge on any atom is 0.219 e. The number of aromatic nitrogens is 2. The first kappa shape index (κ1) is 14.0. The molecule has 4 nitrogen and oxygen atoms in total. The minimum atomic E-state index is 0.616. The standard InChI is InChI=1S/C17H21N3O/c1-3-15-16(8-4-12(2)20-15)21-17-9-5-13(11-19-17)10-18-14-6-7-14/h4-5,8-9,11,14,18H,3,6-7,10H2,1-2H3. The molecule has 1 aliphatic carbocycles. The summed E-state index contributed by atoms with van der Waals surface area (Å²) in [7, 11) is 0. The van der Waals surface area contributed by atoms with Gasteiger partial charge in [0.2, 0.25) is 5.88 Å². The maximum absolute atomic E-state index is 5.85. The van der Waals surface area contributed by atoms with Crippen LogP contribution in [0, 0.1) is 6.92 Å². The zero-order valence-corrected chi connectivity index (χ0v) is 12.6. The van der Waals surface area contributed by atoms with Crippen LogP contribution in [0.5, 0.6) is 11.6 Å². The van der Waals surface area contributed by atoms with Gasteiger partial charge in [0.15, 0.2) is 5.75 Å². The number of hydrogen-bond acceptors (Lipinski definition) is 4. The van der Waals surface area contributed by atoms with Crippen LogP contribution in [0.15, 0.2) is 30.5 Å². The molecule has 1 fully saturated rings. The number of nitrogens with zero attached hydrogens (tertiary/aromatic N) is 2. The molecular weight excluding hydrogens is 262 g/mol. The van der Waals surface area contributed by atoms with Crippen molar-refractivity contribution in [2.45, 2.75) is 45.7 Å². The van der Waals surface area contributed by atoms with E-state index in [1.54, 1.807) is 0 Å². The predicted molar refractivity (Wildman–Crippen MR) is 82.5 cm³/mol. The molecule has 0 bridgehead atoms. The molecule has 110 valence electrons. The molecule has 2 aromatic rings. The first-order chi connectivity index (χ1) is 10.2. The second-order valence-corrected chi connectivity index (χ2v) is 5.51. The Balaban J connectivity index is 1.66. The number of ether oxygens (including phenoxy) is 1. The van der Waals surface area contributed by atoms with Gasteiger partial charge >= 0.3 is 0 Å². The molecule has 0 radical (unpaired) electrons. The van der Waals surface area contributed by atoms with Gasteiger partial charge in [-0.1, -0.05) is 13.0 Å². The molecule has 1 aliphatic rings. The first-order valence-corrected chi connectivity index (χ1v) is 7.57. The Bertz CT molecular complexity index is 606. The van der Waals surface area contributed by atoms with Gasteiger partial charge in [-0.05, 0) is 43.9 Å². The van der Waals surface area contributed by atoms with Crippen molar-refractivity contribution in [3.8, 4) is 11.6 Å². The van der Waals surface area contributed by atoms with Gasteiger partial charge in [-0.25, -0.2) is 4.98 Å². The van der Waals surface area contributed by atoms with Crippen LogP contribution in [0.3, 0.4) is 0 Å². The quantitative estimate of drug-likeness (QED) is 0.882. The van der Waals surface area contributed by atoms with Crippen molar-refractivity contribution >= 4 is 0 Å². The summed E-state index contributed by atoms with van der Waals surface area (Å²) in [5.41, 5.74) is 3.16. The zero-order chi connectivity index (χ0) is 14.7. The van der Waals surface area contributed by atoms with Gasteiger partial charge in [0.05, 0.1) is 5.69 Å². The van der Waals surface area contributed by atoms with Crippen LogP contribution >= 0.6 is 0 Å². The molecular formula is C17H21N3O. The van der Waals surface area contributed by atoms with Crippen molar-refractivity contribution in [3.05, 3.63) is 47.4 Å². The normalized spacial score (nSPS) is 14.2. The van der Waals surface area contributed by atoms with Gasteiger partial charge in [-0.2, -0.15) is 0 Å². The summed E-state index contributed by atoms with van der Waals surface area (Å²) in [5.74, 6) is 1.41. The summed E-state index contributed by atoms with van der Waals surface area (Å²) < 4.78 is 5.85. The molecule has 0 saturated heterocycles. The van der Waals surface area contributed by atoms with Crippen LogP contribution in [-0.2, 0) is 13.0 Å². The van der Waals surface area contributed by atoms with Gasteiger partial charge in [-0.15, -0.1) is 0 Å². The lowest BCUT2D eigenvalue weighted by Crippen LogP contribution is -2.15. The average Bonchev–Trinajstić information content (AvgIpc) is 3.32. The Morgan fingerprint density at radius 2 is 2.10 bits per heavy atom. The van der Waals surface area contributed by atoms with Crippen molar-refractivity contribution in [3.63, 3.8) is 0 Å². The van der Waals surface area contributed by atoms with E-state index in [-0.39, 0.29) is 0 Å². The van der Waals surface area contributed by atoms with Crippen LogP contribution in [0.2, 0.25) is 0 Å². The van der Waals surface area contributed by atoms with E-state index >= 15 is 0 Å². The maximum atomic E-state index is 5.85. The average molecular weight is 283 g/mol. The molecule has 3 rings (SSSR count). The van der Waals surface area contributed by atoms with E-state index in [1.807, 2.05) is 31.3 Å². The van der Waals surface area contributed by atoms with Crippen LogP contribution in [0.4, 0.5) is 0 Å². The molecule has 0 amide bonds. The van der Waals surface area contributed by atoms with E-state index < -0.39 is 0 Å². The lowest BCUT2D eigenvalue weighted by molar-refractivity contribution is 0.453. The lowest BCUT2D eigenvalue weighted by Gasteiger charge is -2.10. The van der Waals surface area contributed by atoms with Crippen LogP contribution in [-0.4, -0.2) is 16.0 Å². The molecule has 1 saturated carbocycles. The third-order valence-corrected chi connectivity index (χ3v) is 3.59. The summed E-state index contributed by atoms with van der Waals surface area (Å²) in [6, 6.07) is 8.62. The third kappa shape index (κ3) is 3.79. The number of hydrogen-bond donors (Lipinski definition) is 1. The van der Waals surface area contributed by atoms with Crippen LogP contribution in [0.1, 0.15) is 36.7 Å². The monoisotopic (exact) mass is 283 g/mol. The number of pyridine rings is 2. The van der Waals surface area contributed by atoms with Crippen molar-refractivity contribution in [1.29, 1.82) is 0 Å². The highest BCUT2D eigenvalue weighted by molar-refractivity contribution is 5.33. The Labute approximate surface area is 125 Å². The van der Waals surface area contributed by atoms with E-state index in [9.17, 15) is 0 Å². The Hall–Kier alpha value is -1.94. The molecule has 0 atom stereocenters. The fraction of sp³-hybridized carbons (Fsp3) is 0.412. The third-order valence-electron chi connectivity index (χ3n) is 3.59. The summed E-state index contributed by atoms with van der Waals surface area (Å²) in [6.07, 6.45) is 5.32. The van der Waals surface area contributed by atoms with Gasteiger partial charge in [0.1, 0.15) is 0 Å². The summed E-state index contributed by atoms with van der Waals surface area (Å²) >= 11 is 0. The lowest BCUT2D eigenvalue weighted by atomic mass is 10.2. The number of rotatable bonds is 6. The molecule has 0 spiro atoms. The van der Waals surface area contributed by atoms with E-state index in [0.717, 1.165) is 30.1 Å². The minimum absolute atomic E-state index is 0.616. The molecule has 21 heavy (non-hydrogen) atoms. The van der Waals surface area contributed by atoms with Gasteiger partial charge < -0.3 is 10.1 Å². The predicted octanol–water partition coefficient (Wildman–Crippen LogP) is 3.39. The van der Waals surface area contributed by atoms with Crippen LogP contribution < -0.4 is 10.1 Å². The summed E-state index contributed by atoms with van der Waals surface area (Å²) in [5, 5.41) is 3.48.